The van der Waals surface area contributed by atoms with E-state index in [1.165, 1.54) is 23.1 Å². The minimum atomic E-state index is 0.353. The number of rotatable bonds is 2. The van der Waals surface area contributed by atoms with Crippen LogP contribution in [0, 0.1) is 41.5 Å². The van der Waals surface area contributed by atoms with Crippen LogP contribution in [0.3, 0.4) is 0 Å². The largest absolute Gasteiger partial charge is 0.508 e. The minimum Gasteiger partial charge on any atom is -0.508 e. The molecule has 0 aliphatic heterocycles. The zero-order valence-corrected chi connectivity index (χ0v) is 22.1. The second kappa shape index (κ2) is 12.3. The molecule has 180 valence electrons. The van der Waals surface area contributed by atoms with Crippen molar-refractivity contribution >= 4 is 0 Å². The van der Waals surface area contributed by atoms with Crippen LogP contribution in [0.1, 0.15) is 79.0 Å². The Balaban J connectivity index is 0.000000314. The summed E-state index contributed by atoms with van der Waals surface area (Å²) in [5.41, 5.74) is 9.32. The zero-order chi connectivity index (χ0) is 25.5. The summed E-state index contributed by atoms with van der Waals surface area (Å²) in [4.78, 5) is 0. The molecule has 3 aromatic carbocycles. The van der Waals surface area contributed by atoms with Gasteiger partial charge in [0, 0.05) is 0 Å². The second-order valence-corrected chi connectivity index (χ2v) is 9.27. The van der Waals surface area contributed by atoms with Crippen molar-refractivity contribution in [3.8, 4) is 28.4 Å². The lowest BCUT2D eigenvalue weighted by Crippen LogP contribution is -1.95. The summed E-state index contributed by atoms with van der Waals surface area (Å²) >= 11 is 0. The van der Waals surface area contributed by atoms with Crippen molar-refractivity contribution in [1.82, 2.24) is 0 Å². The van der Waals surface area contributed by atoms with Gasteiger partial charge in [0.25, 0.3) is 0 Å². The highest BCUT2D eigenvalue weighted by Gasteiger charge is 2.09. The van der Waals surface area contributed by atoms with E-state index in [4.69, 9.17) is 0 Å². The van der Waals surface area contributed by atoms with E-state index in [1.807, 2.05) is 77.9 Å². The van der Waals surface area contributed by atoms with E-state index in [9.17, 15) is 15.3 Å². The number of phenolic OH excluding ortho intramolecular Hbond substituents is 3. The molecule has 3 aromatic rings. The van der Waals surface area contributed by atoms with Crippen LogP contribution in [0.5, 0.6) is 17.2 Å². The van der Waals surface area contributed by atoms with Crippen LogP contribution in [-0.2, 0) is 0 Å². The maximum absolute atomic E-state index is 9.79. The van der Waals surface area contributed by atoms with Crippen LogP contribution in [0.2, 0.25) is 0 Å². The molecule has 0 spiro atoms. The summed E-state index contributed by atoms with van der Waals surface area (Å²) in [6.45, 7) is 20.3. The second-order valence-electron chi connectivity index (χ2n) is 9.27. The van der Waals surface area contributed by atoms with E-state index in [0.717, 1.165) is 33.4 Å². The van der Waals surface area contributed by atoms with E-state index >= 15 is 0 Å². The zero-order valence-electron chi connectivity index (χ0n) is 22.1. The molecule has 3 heteroatoms. The van der Waals surface area contributed by atoms with Crippen molar-refractivity contribution in [2.75, 3.05) is 0 Å². The quantitative estimate of drug-likeness (QED) is 0.366. The van der Waals surface area contributed by atoms with Gasteiger partial charge in [-0.15, -0.1) is 0 Å². The standard InChI is InChI=1S/C16H18O2.C11H16O.C3H8/c1-9-5-13(6-10(2)15(9)17)14-7-11(3)16(18)12(4)8-14;1-7(2)11-8(3)5-10(12)6-9(11)4;1-3-2/h5-8,17-18H,1-4H3;5-7,12H,1-4H3;3H2,1-2H3. The summed E-state index contributed by atoms with van der Waals surface area (Å²) in [6.07, 6.45) is 1.25. The molecule has 0 fully saturated rings. The van der Waals surface area contributed by atoms with Gasteiger partial charge in [-0.2, -0.15) is 0 Å². The first kappa shape index (κ1) is 28.1. The maximum atomic E-state index is 9.79. The molecular weight excluding hydrogens is 408 g/mol. The van der Waals surface area contributed by atoms with Crippen molar-refractivity contribution in [3.05, 3.63) is 75.3 Å². The van der Waals surface area contributed by atoms with Gasteiger partial charge in [-0.25, -0.2) is 0 Å². The van der Waals surface area contributed by atoms with Crippen LogP contribution < -0.4 is 0 Å². The smallest absolute Gasteiger partial charge is 0.121 e. The Morgan fingerprint density at radius 1 is 0.545 bits per heavy atom. The van der Waals surface area contributed by atoms with Gasteiger partial charge in [-0.05, 0) is 134 Å². The highest BCUT2D eigenvalue weighted by atomic mass is 16.3. The number of benzene rings is 3. The van der Waals surface area contributed by atoms with E-state index in [2.05, 4.69) is 27.7 Å². The van der Waals surface area contributed by atoms with Gasteiger partial charge >= 0.3 is 0 Å². The van der Waals surface area contributed by atoms with Crippen LogP contribution >= 0.6 is 0 Å². The van der Waals surface area contributed by atoms with E-state index in [0.29, 0.717) is 23.2 Å². The molecule has 3 nitrogen and oxygen atoms in total. The third-order valence-corrected chi connectivity index (χ3v) is 5.47. The molecule has 0 bridgehead atoms. The molecule has 0 unspecified atom stereocenters. The molecule has 33 heavy (non-hydrogen) atoms. The molecule has 0 aliphatic rings. The average molecular weight is 451 g/mol. The summed E-state index contributed by atoms with van der Waals surface area (Å²) in [5, 5.41) is 28.9. The topological polar surface area (TPSA) is 60.7 Å². The first-order chi connectivity index (χ1) is 15.3. The number of aryl methyl sites for hydroxylation is 6. The van der Waals surface area contributed by atoms with Gasteiger partial charge in [0.05, 0.1) is 0 Å². The highest BCUT2D eigenvalue weighted by Crippen LogP contribution is 2.33. The van der Waals surface area contributed by atoms with Crippen molar-refractivity contribution in [2.45, 2.75) is 81.6 Å². The molecule has 0 saturated carbocycles. The lowest BCUT2D eigenvalue weighted by molar-refractivity contribution is 0.466. The lowest BCUT2D eigenvalue weighted by Gasteiger charge is -2.13. The molecule has 3 rings (SSSR count). The molecule has 0 atom stereocenters. The van der Waals surface area contributed by atoms with Gasteiger partial charge < -0.3 is 15.3 Å². The Kier molecular flexibility index (Phi) is 10.5. The maximum Gasteiger partial charge on any atom is 0.121 e. The molecule has 0 radical (unpaired) electrons. The fraction of sp³-hybridized carbons (Fsp3) is 0.400. The van der Waals surface area contributed by atoms with Gasteiger partial charge in [-0.3, -0.25) is 0 Å². The molecule has 0 aromatic heterocycles. The third-order valence-electron chi connectivity index (χ3n) is 5.47. The van der Waals surface area contributed by atoms with Crippen LogP contribution in [-0.4, -0.2) is 15.3 Å². The molecule has 0 saturated heterocycles. The lowest BCUT2D eigenvalue weighted by atomic mass is 9.93. The Hall–Kier alpha value is -2.94. The van der Waals surface area contributed by atoms with Crippen LogP contribution in [0.15, 0.2) is 36.4 Å². The van der Waals surface area contributed by atoms with Crippen molar-refractivity contribution in [1.29, 1.82) is 0 Å². The normalized spacial score (nSPS) is 10.3. The van der Waals surface area contributed by atoms with E-state index < -0.39 is 0 Å². The summed E-state index contributed by atoms with van der Waals surface area (Å²) in [6, 6.07) is 11.5. The van der Waals surface area contributed by atoms with Crippen LogP contribution in [0.4, 0.5) is 0 Å². The summed E-state index contributed by atoms with van der Waals surface area (Å²) < 4.78 is 0. The van der Waals surface area contributed by atoms with Gasteiger partial charge in [0.2, 0.25) is 0 Å². The number of aromatic hydroxyl groups is 3. The predicted molar refractivity (Wildman–Crippen MR) is 142 cm³/mol. The molecule has 0 heterocycles. The SMILES string of the molecule is CCC.Cc1cc(-c2cc(C)c(O)c(C)c2)cc(C)c1O.Cc1cc(O)cc(C)c1C(C)C. The first-order valence-corrected chi connectivity index (χ1v) is 11.7. The molecule has 0 amide bonds. The first-order valence-electron chi connectivity index (χ1n) is 11.7. The Bertz CT molecular complexity index is 953. The number of phenols is 3. The van der Waals surface area contributed by atoms with E-state index in [-0.39, 0.29) is 0 Å². The Morgan fingerprint density at radius 3 is 1.06 bits per heavy atom. The minimum absolute atomic E-state index is 0.353. The Labute approximate surface area is 200 Å². The monoisotopic (exact) mass is 450 g/mol. The highest BCUT2D eigenvalue weighted by molar-refractivity contribution is 5.70. The summed E-state index contributed by atoms with van der Waals surface area (Å²) in [5.74, 6) is 1.61. The van der Waals surface area contributed by atoms with Crippen molar-refractivity contribution in [3.63, 3.8) is 0 Å². The van der Waals surface area contributed by atoms with Gasteiger partial charge in [-0.1, -0.05) is 34.1 Å². The van der Waals surface area contributed by atoms with Gasteiger partial charge in [0.15, 0.2) is 0 Å². The summed E-state index contributed by atoms with van der Waals surface area (Å²) in [7, 11) is 0. The van der Waals surface area contributed by atoms with Crippen molar-refractivity contribution in [2.24, 2.45) is 0 Å². The fourth-order valence-corrected chi connectivity index (χ4v) is 4.11. The number of hydrogen-bond donors (Lipinski definition) is 3. The molecule has 3 N–H and O–H groups in total. The fourth-order valence-electron chi connectivity index (χ4n) is 4.11. The van der Waals surface area contributed by atoms with Gasteiger partial charge in [0.1, 0.15) is 17.2 Å². The third kappa shape index (κ3) is 7.56. The molecule has 0 aliphatic carbocycles. The molecular formula is C30H42O3. The predicted octanol–water partition coefficient (Wildman–Crippen LogP) is 8.55. The van der Waals surface area contributed by atoms with E-state index in [1.54, 1.807) is 0 Å². The number of hydrogen-bond acceptors (Lipinski definition) is 3. The van der Waals surface area contributed by atoms with Crippen molar-refractivity contribution < 1.29 is 15.3 Å². The Morgan fingerprint density at radius 2 is 0.818 bits per heavy atom. The van der Waals surface area contributed by atoms with Crippen LogP contribution in [0.25, 0.3) is 11.1 Å². The average Bonchev–Trinajstić information content (AvgIpc) is 2.69.